The van der Waals surface area contributed by atoms with Crippen LogP contribution in [0.2, 0.25) is 0 Å². The molecule has 1 aromatic carbocycles. The molecular weight excluding hydrogens is 235 g/mol. The Bertz CT molecular complexity index is 409. The summed E-state index contributed by atoms with van der Waals surface area (Å²) in [6.45, 7) is 0. The summed E-state index contributed by atoms with van der Waals surface area (Å²) in [5.41, 5.74) is 4.45. The van der Waals surface area contributed by atoms with Gasteiger partial charge in [-0.15, -0.1) is 0 Å². The van der Waals surface area contributed by atoms with Gasteiger partial charge in [-0.1, -0.05) is 18.2 Å². The van der Waals surface area contributed by atoms with E-state index >= 15 is 0 Å². The highest BCUT2D eigenvalue weighted by Crippen LogP contribution is 2.34. The number of carbonyl (C=O) groups excluding carboxylic acids is 1. The fraction of sp³-hybridized carbons (Fsp3) is 0.364. The lowest BCUT2D eigenvalue weighted by Crippen LogP contribution is -2.37. The molecule has 1 aromatic rings. The SMILES string of the molecule is COC(=O)C(N)CC(F)(F)c1ccccc1F. The molecule has 94 valence electrons. The summed E-state index contributed by atoms with van der Waals surface area (Å²) in [5.74, 6) is -5.51. The van der Waals surface area contributed by atoms with Crippen molar-refractivity contribution in [3.8, 4) is 0 Å². The van der Waals surface area contributed by atoms with Gasteiger partial charge in [-0.05, 0) is 6.07 Å². The van der Waals surface area contributed by atoms with Crippen LogP contribution in [-0.4, -0.2) is 19.1 Å². The number of halogens is 3. The first-order valence-electron chi connectivity index (χ1n) is 4.84. The smallest absolute Gasteiger partial charge is 0.322 e. The molecule has 0 aliphatic rings. The monoisotopic (exact) mass is 247 g/mol. The van der Waals surface area contributed by atoms with E-state index in [4.69, 9.17) is 5.73 Å². The predicted octanol–water partition coefficient (Wildman–Crippen LogP) is 1.81. The molecular formula is C11H12F3NO2. The second kappa shape index (κ2) is 5.18. The zero-order valence-corrected chi connectivity index (χ0v) is 9.12. The molecule has 6 heteroatoms. The van der Waals surface area contributed by atoms with Crippen LogP contribution < -0.4 is 5.73 Å². The number of hydrogen-bond donors (Lipinski definition) is 1. The van der Waals surface area contributed by atoms with Crippen molar-refractivity contribution >= 4 is 5.97 Å². The quantitative estimate of drug-likeness (QED) is 0.825. The molecule has 0 radical (unpaired) electrons. The van der Waals surface area contributed by atoms with Crippen molar-refractivity contribution in [1.29, 1.82) is 0 Å². The van der Waals surface area contributed by atoms with Gasteiger partial charge in [0.1, 0.15) is 11.9 Å². The number of methoxy groups -OCH3 is 1. The van der Waals surface area contributed by atoms with Crippen LogP contribution in [0.25, 0.3) is 0 Å². The molecule has 0 aromatic heterocycles. The topological polar surface area (TPSA) is 52.3 Å². The molecule has 0 fully saturated rings. The Morgan fingerprint density at radius 2 is 2.06 bits per heavy atom. The van der Waals surface area contributed by atoms with Crippen LogP contribution in [0.4, 0.5) is 13.2 Å². The molecule has 0 aliphatic heterocycles. The normalized spacial score (nSPS) is 13.2. The van der Waals surface area contributed by atoms with Crippen molar-refractivity contribution in [1.82, 2.24) is 0 Å². The Balaban J connectivity index is 2.89. The second-order valence-corrected chi connectivity index (χ2v) is 3.52. The fourth-order valence-corrected chi connectivity index (χ4v) is 1.38. The zero-order chi connectivity index (χ0) is 13.1. The Morgan fingerprint density at radius 1 is 1.47 bits per heavy atom. The number of carbonyl (C=O) groups is 1. The molecule has 0 bridgehead atoms. The zero-order valence-electron chi connectivity index (χ0n) is 9.12. The minimum Gasteiger partial charge on any atom is -0.468 e. The van der Waals surface area contributed by atoms with Crippen LogP contribution in [0.15, 0.2) is 24.3 Å². The summed E-state index contributed by atoms with van der Waals surface area (Å²) in [6, 6.07) is 2.98. The first kappa shape index (κ1) is 13.5. The average molecular weight is 247 g/mol. The Hall–Kier alpha value is -1.56. The minimum atomic E-state index is -3.51. The maximum Gasteiger partial charge on any atom is 0.322 e. The lowest BCUT2D eigenvalue weighted by atomic mass is 10.0. The van der Waals surface area contributed by atoms with Crippen molar-refractivity contribution in [2.75, 3.05) is 7.11 Å². The summed E-state index contributed by atoms with van der Waals surface area (Å²) in [5, 5.41) is 0. The summed E-state index contributed by atoms with van der Waals surface area (Å²) < 4.78 is 44.7. The van der Waals surface area contributed by atoms with Crippen LogP contribution in [-0.2, 0) is 15.5 Å². The van der Waals surface area contributed by atoms with Gasteiger partial charge in [0.05, 0.1) is 12.7 Å². The van der Waals surface area contributed by atoms with Crippen molar-refractivity contribution in [3.05, 3.63) is 35.6 Å². The second-order valence-electron chi connectivity index (χ2n) is 3.52. The van der Waals surface area contributed by atoms with Crippen molar-refractivity contribution in [2.45, 2.75) is 18.4 Å². The molecule has 1 atom stereocenters. The highest BCUT2D eigenvalue weighted by Gasteiger charge is 2.38. The van der Waals surface area contributed by atoms with E-state index in [1.807, 2.05) is 0 Å². The molecule has 1 rings (SSSR count). The third kappa shape index (κ3) is 3.20. The van der Waals surface area contributed by atoms with E-state index in [-0.39, 0.29) is 0 Å². The van der Waals surface area contributed by atoms with E-state index in [0.717, 1.165) is 19.2 Å². The molecule has 2 N–H and O–H groups in total. The van der Waals surface area contributed by atoms with E-state index in [2.05, 4.69) is 4.74 Å². The molecule has 0 heterocycles. The number of esters is 1. The lowest BCUT2D eigenvalue weighted by molar-refractivity contribution is -0.145. The van der Waals surface area contributed by atoms with Crippen molar-refractivity contribution in [2.24, 2.45) is 5.73 Å². The van der Waals surface area contributed by atoms with Gasteiger partial charge in [-0.3, -0.25) is 4.79 Å². The van der Waals surface area contributed by atoms with Gasteiger partial charge in [0, 0.05) is 6.42 Å². The number of nitrogens with two attached hydrogens (primary N) is 1. The third-order valence-corrected chi connectivity index (χ3v) is 2.25. The van der Waals surface area contributed by atoms with Gasteiger partial charge in [0.2, 0.25) is 0 Å². The first-order chi connectivity index (χ1) is 7.88. The van der Waals surface area contributed by atoms with Crippen molar-refractivity contribution in [3.63, 3.8) is 0 Å². The maximum absolute atomic E-state index is 13.6. The van der Waals surface area contributed by atoms with Gasteiger partial charge >= 0.3 is 5.97 Å². The summed E-state index contributed by atoms with van der Waals surface area (Å²) >= 11 is 0. The minimum absolute atomic E-state index is 0.778. The van der Waals surface area contributed by atoms with Gasteiger partial charge in [0.25, 0.3) is 5.92 Å². The van der Waals surface area contributed by atoms with Crippen LogP contribution in [0.5, 0.6) is 0 Å². The Morgan fingerprint density at radius 3 is 2.59 bits per heavy atom. The van der Waals surface area contributed by atoms with Crippen LogP contribution >= 0.6 is 0 Å². The van der Waals surface area contributed by atoms with Gasteiger partial charge in [0.15, 0.2) is 0 Å². The van der Waals surface area contributed by atoms with E-state index < -0.39 is 35.7 Å². The highest BCUT2D eigenvalue weighted by molar-refractivity contribution is 5.75. The van der Waals surface area contributed by atoms with Gasteiger partial charge < -0.3 is 10.5 Å². The Labute approximate surface area is 96.4 Å². The molecule has 0 aliphatic carbocycles. The molecule has 17 heavy (non-hydrogen) atoms. The fourth-order valence-electron chi connectivity index (χ4n) is 1.38. The van der Waals surface area contributed by atoms with E-state index in [1.165, 1.54) is 12.1 Å². The third-order valence-electron chi connectivity index (χ3n) is 2.25. The predicted molar refractivity (Wildman–Crippen MR) is 54.9 cm³/mol. The van der Waals surface area contributed by atoms with Crippen LogP contribution in [0.1, 0.15) is 12.0 Å². The first-order valence-corrected chi connectivity index (χ1v) is 4.84. The highest BCUT2D eigenvalue weighted by atomic mass is 19.3. The van der Waals surface area contributed by atoms with E-state index in [9.17, 15) is 18.0 Å². The number of benzene rings is 1. The molecule has 0 saturated heterocycles. The molecule has 0 amide bonds. The van der Waals surface area contributed by atoms with E-state index in [1.54, 1.807) is 0 Å². The van der Waals surface area contributed by atoms with E-state index in [0.29, 0.717) is 0 Å². The summed E-state index contributed by atoms with van der Waals surface area (Å²) in [6.07, 6.45) is -0.999. The van der Waals surface area contributed by atoms with Crippen molar-refractivity contribution < 1.29 is 22.7 Å². The molecule has 0 saturated carbocycles. The molecule has 0 spiro atoms. The number of rotatable bonds is 4. The summed E-state index contributed by atoms with van der Waals surface area (Å²) in [4.78, 5) is 10.9. The number of hydrogen-bond acceptors (Lipinski definition) is 3. The Kier molecular flexibility index (Phi) is 4.11. The lowest BCUT2D eigenvalue weighted by Gasteiger charge is -2.20. The van der Waals surface area contributed by atoms with Gasteiger partial charge in [-0.25, -0.2) is 13.2 Å². The largest absolute Gasteiger partial charge is 0.468 e. The standard InChI is InChI=1S/C11H12F3NO2/c1-17-10(16)9(15)6-11(13,14)7-4-2-3-5-8(7)12/h2-5,9H,6,15H2,1H3. The van der Waals surface area contributed by atoms with Gasteiger partial charge in [-0.2, -0.15) is 0 Å². The van der Waals surface area contributed by atoms with Crippen LogP contribution in [0, 0.1) is 5.82 Å². The average Bonchev–Trinajstić information content (AvgIpc) is 2.27. The molecule has 1 unspecified atom stereocenters. The number of alkyl halides is 2. The molecule has 3 nitrogen and oxygen atoms in total. The summed E-state index contributed by atoms with van der Waals surface area (Å²) in [7, 11) is 1.05. The van der Waals surface area contributed by atoms with Crippen LogP contribution in [0.3, 0.4) is 0 Å². The maximum atomic E-state index is 13.6. The number of ether oxygens (including phenoxy) is 1.